The summed E-state index contributed by atoms with van der Waals surface area (Å²) in [7, 11) is 0. The van der Waals surface area contributed by atoms with Crippen LogP contribution in [0.4, 0.5) is 0 Å². The van der Waals surface area contributed by atoms with Crippen LogP contribution in [0.15, 0.2) is 0 Å². The molecule has 0 amide bonds. The van der Waals surface area contributed by atoms with Gasteiger partial charge in [-0.2, -0.15) is 0 Å². The van der Waals surface area contributed by atoms with Crippen molar-refractivity contribution in [3.05, 3.63) is 0 Å². The van der Waals surface area contributed by atoms with Gasteiger partial charge in [0.1, 0.15) is 0 Å². The third kappa shape index (κ3) is 2.44. The lowest BCUT2D eigenvalue weighted by Crippen LogP contribution is -2.48. The summed E-state index contributed by atoms with van der Waals surface area (Å²) in [5.74, 6) is 0. The van der Waals surface area contributed by atoms with Crippen molar-refractivity contribution in [3.63, 3.8) is 0 Å². The van der Waals surface area contributed by atoms with Gasteiger partial charge in [-0.05, 0) is 0 Å². The monoisotopic (exact) mass is 202 g/mol. The molecule has 0 aliphatic carbocycles. The second-order valence-corrected chi connectivity index (χ2v) is 4.43. The summed E-state index contributed by atoms with van der Waals surface area (Å²) < 4.78 is -1.22. The highest BCUT2D eigenvalue weighted by Gasteiger charge is 2.29. The van der Waals surface area contributed by atoms with Crippen LogP contribution < -0.4 is 5.32 Å². The molecule has 1 N–H and O–H groups in total. The van der Waals surface area contributed by atoms with Gasteiger partial charge in [0, 0.05) is 26.2 Å². The van der Waals surface area contributed by atoms with Crippen molar-refractivity contribution in [2.45, 2.75) is 3.92 Å². The van der Waals surface area contributed by atoms with Crippen LogP contribution in [0.1, 0.15) is 0 Å². The average molecular weight is 203 g/mol. The van der Waals surface area contributed by atoms with Crippen molar-refractivity contribution in [3.8, 4) is 0 Å². The number of hydrogen-bond acceptors (Lipinski definition) is 2. The molecular formula is C5H9Cl3N2. The van der Waals surface area contributed by atoms with E-state index in [4.69, 9.17) is 34.8 Å². The minimum absolute atomic E-state index is 0.802. The molecule has 0 saturated carbocycles. The van der Waals surface area contributed by atoms with E-state index in [0.717, 1.165) is 26.2 Å². The van der Waals surface area contributed by atoms with Crippen LogP contribution in [-0.2, 0) is 0 Å². The second kappa shape index (κ2) is 3.46. The summed E-state index contributed by atoms with van der Waals surface area (Å²) in [5.41, 5.74) is 0. The van der Waals surface area contributed by atoms with E-state index < -0.39 is 3.92 Å². The van der Waals surface area contributed by atoms with E-state index in [2.05, 4.69) is 5.32 Å². The zero-order chi connectivity index (χ0) is 7.61. The number of halogens is 3. The molecule has 1 heterocycles. The summed E-state index contributed by atoms with van der Waals surface area (Å²) in [6, 6.07) is 0. The molecule has 0 atom stereocenters. The molecule has 2 nitrogen and oxygen atoms in total. The van der Waals surface area contributed by atoms with Gasteiger partial charge in [0.15, 0.2) is 0 Å². The number of rotatable bonds is 0. The first-order valence-corrected chi connectivity index (χ1v) is 4.26. The van der Waals surface area contributed by atoms with Crippen molar-refractivity contribution >= 4 is 34.8 Å². The van der Waals surface area contributed by atoms with Crippen molar-refractivity contribution in [2.75, 3.05) is 26.2 Å². The Balaban J connectivity index is 2.39. The maximum atomic E-state index is 5.64. The fraction of sp³-hybridized carbons (Fsp3) is 1.00. The maximum Gasteiger partial charge on any atom is 0.247 e. The number of hydrogen-bond donors (Lipinski definition) is 1. The molecule has 1 rings (SSSR count). The Labute approximate surface area is 75.4 Å². The molecule has 1 saturated heterocycles. The van der Waals surface area contributed by atoms with Gasteiger partial charge >= 0.3 is 0 Å². The van der Waals surface area contributed by atoms with Crippen LogP contribution in [0.3, 0.4) is 0 Å². The van der Waals surface area contributed by atoms with Gasteiger partial charge < -0.3 is 5.32 Å². The summed E-state index contributed by atoms with van der Waals surface area (Å²) in [6.45, 7) is 3.40. The lowest BCUT2D eigenvalue weighted by atomic mass is 10.4. The third-order valence-electron chi connectivity index (χ3n) is 1.48. The number of nitrogens with zero attached hydrogens (tertiary/aromatic N) is 1. The summed E-state index contributed by atoms with van der Waals surface area (Å²) in [4.78, 5) is 1.81. The van der Waals surface area contributed by atoms with E-state index in [9.17, 15) is 0 Å². The highest BCUT2D eigenvalue weighted by Crippen LogP contribution is 2.30. The van der Waals surface area contributed by atoms with Crippen molar-refractivity contribution in [1.29, 1.82) is 0 Å². The number of nitrogens with one attached hydrogen (secondary N) is 1. The Morgan fingerprint density at radius 2 is 1.60 bits per heavy atom. The van der Waals surface area contributed by atoms with Gasteiger partial charge in [0.25, 0.3) is 0 Å². The van der Waals surface area contributed by atoms with Gasteiger partial charge in [-0.1, -0.05) is 34.8 Å². The SMILES string of the molecule is ClC(Cl)(Cl)N1CCNCC1. The molecule has 0 aromatic heterocycles. The zero-order valence-corrected chi connectivity index (χ0v) is 7.68. The molecule has 0 aromatic carbocycles. The predicted octanol–water partition coefficient (Wildman–Crippen LogP) is 1.22. The molecule has 0 unspecified atom stereocenters. The maximum absolute atomic E-state index is 5.64. The highest BCUT2D eigenvalue weighted by molar-refractivity contribution is 6.67. The van der Waals surface area contributed by atoms with Crippen molar-refractivity contribution in [2.24, 2.45) is 0 Å². The van der Waals surface area contributed by atoms with Crippen LogP contribution in [0.2, 0.25) is 0 Å². The molecule has 60 valence electrons. The van der Waals surface area contributed by atoms with E-state index in [-0.39, 0.29) is 0 Å². The first-order valence-electron chi connectivity index (χ1n) is 3.13. The standard InChI is InChI=1S/C5H9Cl3N2/c6-5(7,8)10-3-1-9-2-4-10/h9H,1-4H2. The van der Waals surface area contributed by atoms with Gasteiger partial charge in [-0.25, -0.2) is 0 Å². The fourth-order valence-corrected chi connectivity index (χ4v) is 1.43. The molecule has 0 bridgehead atoms. The van der Waals surface area contributed by atoms with Crippen LogP contribution in [-0.4, -0.2) is 35.0 Å². The Bertz CT molecular complexity index is 106. The molecule has 1 aliphatic heterocycles. The third-order valence-corrected chi connectivity index (χ3v) is 2.19. The predicted molar refractivity (Wildman–Crippen MR) is 44.7 cm³/mol. The fourth-order valence-electron chi connectivity index (χ4n) is 0.918. The van der Waals surface area contributed by atoms with E-state index in [0.29, 0.717) is 0 Å². The molecule has 1 aliphatic rings. The van der Waals surface area contributed by atoms with E-state index >= 15 is 0 Å². The molecule has 5 heteroatoms. The van der Waals surface area contributed by atoms with Crippen LogP contribution >= 0.6 is 34.8 Å². The molecule has 0 spiro atoms. The molecule has 1 fully saturated rings. The average Bonchev–Trinajstić information content (AvgIpc) is 1.88. The van der Waals surface area contributed by atoms with Gasteiger partial charge in [0.05, 0.1) is 0 Å². The van der Waals surface area contributed by atoms with Gasteiger partial charge in [0.2, 0.25) is 3.92 Å². The quantitative estimate of drug-likeness (QED) is 0.470. The number of alkyl halides is 3. The Kier molecular flexibility index (Phi) is 3.07. The molecular weight excluding hydrogens is 194 g/mol. The van der Waals surface area contributed by atoms with E-state index in [1.807, 2.05) is 4.90 Å². The minimum Gasteiger partial charge on any atom is -0.314 e. The van der Waals surface area contributed by atoms with Crippen LogP contribution in [0, 0.1) is 0 Å². The lowest BCUT2D eigenvalue weighted by Gasteiger charge is -2.32. The Hall–Kier alpha value is 0.790. The van der Waals surface area contributed by atoms with Crippen LogP contribution in [0.5, 0.6) is 0 Å². The van der Waals surface area contributed by atoms with Gasteiger partial charge in [-0.15, -0.1) is 0 Å². The normalized spacial score (nSPS) is 23.1. The minimum atomic E-state index is -1.22. The van der Waals surface area contributed by atoms with Gasteiger partial charge in [-0.3, -0.25) is 4.90 Å². The first kappa shape index (κ1) is 8.88. The zero-order valence-electron chi connectivity index (χ0n) is 5.41. The van der Waals surface area contributed by atoms with Crippen molar-refractivity contribution in [1.82, 2.24) is 10.2 Å². The summed E-state index contributed by atoms with van der Waals surface area (Å²) in [5, 5.41) is 3.17. The summed E-state index contributed by atoms with van der Waals surface area (Å²) in [6.07, 6.45) is 0. The second-order valence-electron chi connectivity index (χ2n) is 2.20. The summed E-state index contributed by atoms with van der Waals surface area (Å²) >= 11 is 16.9. The van der Waals surface area contributed by atoms with E-state index in [1.54, 1.807) is 0 Å². The van der Waals surface area contributed by atoms with Crippen LogP contribution in [0.25, 0.3) is 0 Å². The Morgan fingerprint density at radius 3 is 1.90 bits per heavy atom. The first-order chi connectivity index (χ1) is 4.61. The van der Waals surface area contributed by atoms with E-state index in [1.165, 1.54) is 0 Å². The lowest BCUT2D eigenvalue weighted by molar-refractivity contribution is 0.241. The highest BCUT2D eigenvalue weighted by atomic mass is 35.6. The topological polar surface area (TPSA) is 15.3 Å². The molecule has 10 heavy (non-hydrogen) atoms. The van der Waals surface area contributed by atoms with Crippen molar-refractivity contribution < 1.29 is 0 Å². The smallest absolute Gasteiger partial charge is 0.247 e. The Morgan fingerprint density at radius 1 is 1.10 bits per heavy atom. The molecule has 0 aromatic rings. The largest absolute Gasteiger partial charge is 0.314 e. The molecule has 0 radical (unpaired) electrons. The number of piperazine rings is 1.